The van der Waals surface area contributed by atoms with Crippen LogP contribution in [0, 0.1) is 12.7 Å². The van der Waals surface area contributed by atoms with Gasteiger partial charge in [-0.2, -0.15) is 0 Å². The number of nitrogens with one attached hydrogen (secondary N) is 1. The van der Waals surface area contributed by atoms with E-state index in [1.54, 1.807) is 24.3 Å². The van der Waals surface area contributed by atoms with E-state index in [2.05, 4.69) is 5.32 Å². The van der Waals surface area contributed by atoms with Gasteiger partial charge in [0.25, 0.3) is 5.91 Å². The Balaban J connectivity index is 2.21. The van der Waals surface area contributed by atoms with Crippen LogP contribution >= 0.6 is 0 Å². The average molecular weight is 298 g/mol. The first-order chi connectivity index (χ1) is 10.5. The molecule has 0 aliphatic carbocycles. The molecule has 0 spiro atoms. The molecular weight excluding hydrogens is 285 g/mol. The van der Waals surface area contributed by atoms with Gasteiger partial charge < -0.3 is 15.2 Å². The SMILES string of the molecule is Cc1ccc(C(=O)NC(=Cc2ccc(F)cc2)C(=O)[O-])cc1. The second-order valence-corrected chi connectivity index (χ2v) is 4.72. The van der Waals surface area contributed by atoms with E-state index in [1.807, 2.05) is 6.92 Å². The molecular formula is C17H13FNO3-. The maximum absolute atomic E-state index is 12.8. The molecule has 22 heavy (non-hydrogen) atoms. The number of halogens is 1. The summed E-state index contributed by atoms with van der Waals surface area (Å²) < 4.78 is 12.8. The van der Waals surface area contributed by atoms with E-state index >= 15 is 0 Å². The predicted octanol–water partition coefficient (Wildman–Crippen LogP) is 1.65. The van der Waals surface area contributed by atoms with Crippen LogP contribution in [0.1, 0.15) is 21.5 Å². The Hall–Kier alpha value is -2.95. The highest BCUT2D eigenvalue weighted by Gasteiger charge is 2.08. The second-order valence-electron chi connectivity index (χ2n) is 4.72. The molecule has 0 aromatic heterocycles. The zero-order chi connectivity index (χ0) is 16.1. The van der Waals surface area contributed by atoms with Gasteiger partial charge in [-0.1, -0.05) is 29.8 Å². The molecule has 0 heterocycles. The number of carbonyl (C=O) groups excluding carboxylic acids is 2. The highest BCUT2D eigenvalue weighted by Crippen LogP contribution is 2.08. The number of hydrogen-bond donors (Lipinski definition) is 1. The summed E-state index contributed by atoms with van der Waals surface area (Å²) in [5.74, 6) is -2.52. The van der Waals surface area contributed by atoms with Gasteiger partial charge >= 0.3 is 0 Å². The number of aliphatic carboxylic acids is 1. The van der Waals surface area contributed by atoms with Crippen LogP contribution in [0.4, 0.5) is 4.39 Å². The van der Waals surface area contributed by atoms with E-state index in [1.165, 1.54) is 30.3 Å². The van der Waals surface area contributed by atoms with Crippen molar-refractivity contribution < 1.29 is 19.1 Å². The fourth-order valence-corrected chi connectivity index (χ4v) is 1.77. The van der Waals surface area contributed by atoms with Crippen LogP contribution in [0.2, 0.25) is 0 Å². The molecule has 0 saturated carbocycles. The highest BCUT2D eigenvalue weighted by molar-refractivity contribution is 6.02. The summed E-state index contributed by atoms with van der Waals surface area (Å²) in [6.07, 6.45) is 1.21. The molecule has 0 atom stereocenters. The Labute approximate surface area is 126 Å². The first-order valence-electron chi connectivity index (χ1n) is 6.52. The van der Waals surface area contributed by atoms with Crippen LogP contribution < -0.4 is 10.4 Å². The van der Waals surface area contributed by atoms with Gasteiger partial charge in [0.1, 0.15) is 5.82 Å². The lowest BCUT2D eigenvalue weighted by Crippen LogP contribution is -2.35. The maximum atomic E-state index is 12.8. The molecule has 2 rings (SSSR count). The molecule has 5 heteroatoms. The number of carbonyl (C=O) groups is 2. The average Bonchev–Trinajstić information content (AvgIpc) is 2.49. The quantitative estimate of drug-likeness (QED) is 0.873. The summed E-state index contributed by atoms with van der Waals surface area (Å²) in [6.45, 7) is 1.88. The van der Waals surface area contributed by atoms with Gasteiger partial charge in [-0.15, -0.1) is 0 Å². The third-order valence-corrected chi connectivity index (χ3v) is 2.96. The van der Waals surface area contributed by atoms with E-state index in [-0.39, 0.29) is 0 Å². The van der Waals surface area contributed by atoms with E-state index < -0.39 is 23.4 Å². The zero-order valence-electron chi connectivity index (χ0n) is 11.8. The van der Waals surface area contributed by atoms with Crippen molar-refractivity contribution in [3.8, 4) is 0 Å². The number of carboxylic acids is 1. The first kappa shape index (κ1) is 15.4. The molecule has 0 unspecified atom stereocenters. The van der Waals surface area contributed by atoms with Crippen LogP contribution in [0.15, 0.2) is 54.2 Å². The van der Waals surface area contributed by atoms with Crippen molar-refractivity contribution in [1.82, 2.24) is 5.32 Å². The lowest BCUT2D eigenvalue weighted by Gasteiger charge is -2.11. The number of rotatable bonds is 4. The summed E-state index contributed by atoms with van der Waals surface area (Å²) in [5.41, 5.74) is 1.36. The number of carboxylic acid groups (broad SMARTS) is 1. The smallest absolute Gasteiger partial charge is 0.255 e. The zero-order valence-corrected chi connectivity index (χ0v) is 11.8. The standard InChI is InChI=1S/C17H14FNO3/c1-11-2-6-13(7-3-11)16(20)19-15(17(21)22)10-12-4-8-14(18)9-5-12/h2-10H,1H3,(H,19,20)(H,21,22)/p-1. The van der Waals surface area contributed by atoms with Crippen LogP contribution in [0.3, 0.4) is 0 Å². The van der Waals surface area contributed by atoms with Crippen molar-refractivity contribution in [2.24, 2.45) is 0 Å². The van der Waals surface area contributed by atoms with Crippen LogP contribution in [0.5, 0.6) is 0 Å². The molecule has 0 saturated heterocycles. The number of amides is 1. The van der Waals surface area contributed by atoms with Crippen LogP contribution in [-0.4, -0.2) is 11.9 Å². The minimum Gasteiger partial charge on any atom is -0.543 e. The van der Waals surface area contributed by atoms with Gasteiger partial charge in [0.15, 0.2) is 0 Å². The number of benzene rings is 2. The molecule has 0 radical (unpaired) electrons. The van der Waals surface area contributed by atoms with E-state index in [4.69, 9.17) is 0 Å². The lowest BCUT2D eigenvalue weighted by molar-refractivity contribution is -0.299. The summed E-state index contributed by atoms with van der Waals surface area (Å²) in [7, 11) is 0. The largest absolute Gasteiger partial charge is 0.543 e. The molecule has 0 fully saturated rings. The second kappa shape index (κ2) is 6.67. The summed E-state index contributed by atoms with van der Waals surface area (Å²) >= 11 is 0. The molecule has 1 amide bonds. The Bertz CT molecular complexity index is 719. The van der Waals surface area contributed by atoms with Crippen molar-refractivity contribution in [1.29, 1.82) is 0 Å². The van der Waals surface area contributed by atoms with Crippen LogP contribution in [0.25, 0.3) is 6.08 Å². The predicted molar refractivity (Wildman–Crippen MR) is 78.0 cm³/mol. The molecule has 0 aliphatic heterocycles. The highest BCUT2D eigenvalue weighted by atomic mass is 19.1. The fraction of sp³-hybridized carbons (Fsp3) is 0.0588. The molecule has 1 N–H and O–H groups in total. The Morgan fingerprint density at radius 3 is 2.18 bits per heavy atom. The van der Waals surface area contributed by atoms with Gasteiger partial charge in [0, 0.05) is 5.56 Å². The number of hydrogen-bond acceptors (Lipinski definition) is 3. The van der Waals surface area contributed by atoms with Gasteiger partial charge in [0.05, 0.1) is 11.7 Å². The molecule has 0 aliphatic rings. The third kappa shape index (κ3) is 4.02. The van der Waals surface area contributed by atoms with Crippen molar-refractivity contribution in [2.45, 2.75) is 6.92 Å². The van der Waals surface area contributed by atoms with E-state index in [9.17, 15) is 19.1 Å². The normalized spacial score (nSPS) is 11.1. The van der Waals surface area contributed by atoms with Crippen molar-refractivity contribution in [3.05, 3.63) is 76.7 Å². The van der Waals surface area contributed by atoms with Crippen molar-refractivity contribution in [3.63, 3.8) is 0 Å². The summed E-state index contributed by atoms with van der Waals surface area (Å²) in [5, 5.41) is 13.4. The molecule has 2 aromatic rings. The Kier molecular flexibility index (Phi) is 4.68. The minimum absolute atomic E-state index is 0.330. The Morgan fingerprint density at radius 2 is 1.64 bits per heavy atom. The summed E-state index contributed by atoms with van der Waals surface area (Å²) in [6, 6.07) is 11.9. The van der Waals surface area contributed by atoms with Crippen molar-refractivity contribution in [2.75, 3.05) is 0 Å². The van der Waals surface area contributed by atoms with Crippen LogP contribution in [-0.2, 0) is 4.79 Å². The maximum Gasteiger partial charge on any atom is 0.255 e. The number of aryl methyl sites for hydroxylation is 1. The first-order valence-corrected chi connectivity index (χ1v) is 6.52. The topological polar surface area (TPSA) is 69.2 Å². The molecule has 4 nitrogen and oxygen atoms in total. The van der Waals surface area contributed by atoms with Gasteiger partial charge in [0.2, 0.25) is 0 Å². The van der Waals surface area contributed by atoms with E-state index in [0.29, 0.717) is 11.1 Å². The molecule has 2 aromatic carbocycles. The fourth-order valence-electron chi connectivity index (χ4n) is 1.77. The Morgan fingerprint density at radius 1 is 1.05 bits per heavy atom. The molecule has 112 valence electrons. The van der Waals surface area contributed by atoms with Gasteiger partial charge in [-0.25, -0.2) is 4.39 Å². The minimum atomic E-state index is -1.52. The third-order valence-electron chi connectivity index (χ3n) is 2.96. The van der Waals surface area contributed by atoms with Gasteiger partial charge in [-0.3, -0.25) is 4.79 Å². The molecule has 0 bridgehead atoms. The lowest BCUT2D eigenvalue weighted by atomic mass is 10.1. The van der Waals surface area contributed by atoms with E-state index in [0.717, 1.165) is 5.56 Å². The van der Waals surface area contributed by atoms with Crippen molar-refractivity contribution >= 4 is 18.0 Å². The monoisotopic (exact) mass is 298 g/mol. The van der Waals surface area contributed by atoms with Gasteiger partial charge in [-0.05, 0) is 42.8 Å². The summed E-state index contributed by atoms with van der Waals surface area (Å²) in [4.78, 5) is 23.1.